The second kappa shape index (κ2) is 4.70. The Bertz CT molecular complexity index is 515. The number of hydrogen-bond acceptors (Lipinski definition) is 3. The molecule has 0 saturated heterocycles. The van der Waals surface area contributed by atoms with Crippen LogP contribution in [-0.4, -0.2) is 15.9 Å². The van der Waals surface area contributed by atoms with E-state index < -0.39 is 0 Å². The molecule has 0 aromatic heterocycles. The van der Waals surface area contributed by atoms with Crippen LogP contribution >= 0.6 is 0 Å². The fourth-order valence-electron chi connectivity index (χ4n) is 1.70. The first-order valence-corrected chi connectivity index (χ1v) is 5.30. The zero-order chi connectivity index (χ0) is 12.3. The van der Waals surface area contributed by atoms with E-state index in [1.807, 2.05) is 30.3 Å². The maximum atomic E-state index is 9.35. The Hall–Kier alpha value is -2.29. The number of nitrogens with one attached hydrogen (secondary N) is 1. The SMILES string of the molecule is N=C(Cc1cc(O)cc(O)c1)c1ccccc1. The number of benzene rings is 2. The fraction of sp³-hybridized carbons (Fsp3) is 0.0714. The van der Waals surface area contributed by atoms with Gasteiger partial charge in [-0.2, -0.15) is 0 Å². The van der Waals surface area contributed by atoms with Crippen molar-refractivity contribution in [2.24, 2.45) is 0 Å². The van der Waals surface area contributed by atoms with Gasteiger partial charge in [-0.05, 0) is 23.3 Å². The van der Waals surface area contributed by atoms with Crippen molar-refractivity contribution in [3.05, 3.63) is 59.7 Å². The van der Waals surface area contributed by atoms with Crippen LogP contribution in [0.5, 0.6) is 11.5 Å². The summed E-state index contributed by atoms with van der Waals surface area (Å²) in [6.45, 7) is 0. The largest absolute Gasteiger partial charge is 0.508 e. The Morgan fingerprint density at radius 1 is 0.941 bits per heavy atom. The van der Waals surface area contributed by atoms with Crippen LogP contribution in [0.2, 0.25) is 0 Å². The zero-order valence-corrected chi connectivity index (χ0v) is 9.22. The first-order valence-electron chi connectivity index (χ1n) is 5.30. The Balaban J connectivity index is 2.19. The summed E-state index contributed by atoms with van der Waals surface area (Å²) in [5.74, 6) is 0.0294. The molecule has 0 bridgehead atoms. The molecule has 2 aromatic carbocycles. The molecule has 0 heterocycles. The molecule has 3 heteroatoms. The molecular formula is C14H13NO2. The van der Waals surface area contributed by atoms with E-state index in [1.54, 1.807) is 12.1 Å². The van der Waals surface area contributed by atoms with Crippen LogP contribution in [0.4, 0.5) is 0 Å². The van der Waals surface area contributed by atoms with Gasteiger partial charge in [-0.1, -0.05) is 30.3 Å². The van der Waals surface area contributed by atoms with E-state index in [9.17, 15) is 10.2 Å². The molecule has 0 aliphatic rings. The predicted molar refractivity (Wildman–Crippen MR) is 66.7 cm³/mol. The molecule has 0 aliphatic carbocycles. The van der Waals surface area contributed by atoms with Crippen molar-refractivity contribution in [3.8, 4) is 11.5 Å². The second-order valence-electron chi connectivity index (χ2n) is 3.88. The van der Waals surface area contributed by atoms with Crippen molar-refractivity contribution in [2.75, 3.05) is 0 Å². The van der Waals surface area contributed by atoms with Gasteiger partial charge in [0.15, 0.2) is 0 Å². The average Bonchev–Trinajstić information content (AvgIpc) is 2.28. The van der Waals surface area contributed by atoms with Gasteiger partial charge in [-0.25, -0.2) is 0 Å². The number of aromatic hydroxyl groups is 2. The van der Waals surface area contributed by atoms with Gasteiger partial charge >= 0.3 is 0 Å². The van der Waals surface area contributed by atoms with Crippen LogP contribution in [0.25, 0.3) is 0 Å². The van der Waals surface area contributed by atoms with Gasteiger partial charge in [0.2, 0.25) is 0 Å². The van der Waals surface area contributed by atoms with Crippen molar-refractivity contribution < 1.29 is 10.2 Å². The standard InChI is InChI=1S/C14H13NO2/c15-14(11-4-2-1-3-5-11)8-10-6-12(16)9-13(17)7-10/h1-7,9,15-17H,8H2. The van der Waals surface area contributed by atoms with Crippen LogP contribution in [0.1, 0.15) is 11.1 Å². The molecule has 3 nitrogen and oxygen atoms in total. The van der Waals surface area contributed by atoms with E-state index >= 15 is 0 Å². The van der Waals surface area contributed by atoms with Crippen molar-refractivity contribution in [3.63, 3.8) is 0 Å². The van der Waals surface area contributed by atoms with Gasteiger partial charge in [0.05, 0.1) is 0 Å². The minimum absolute atomic E-state index is 0.0147. The molecular weight excluding hydrogens is 214 g/mol. The van der Waals surface area contributed by atoms with Gasteiger partial charge in [-0.3, -0.25) is 0 Å². The van der Waals surface area contributed by atoms with E-state index in [0.29, 0.717) is 12.1 Å². The summed E-state index contributed by atoms with van der Waals surface area (Å²) in [6.07, 6.45) is 0.381. The number of phenols is 2. The van der Waals surface area contributed by atoms with Gasteiger partial charge in [0, 0.05) is 18.2 Å². The third-order valence-electron chi connectivity index (χ3n) is 2.47. The van der Waals surface area contributed by atoms with Crippen molar-refractivity contribution in [2.45, 2.75) is 6.42 Å². The molecule has 0 spiro atoms. The van der Waals surface area contributed by atoms with Gasteiger partial charge < -0.3 is 15.6 Å². The lowest BCUT2D eigenvalue weighted by Crippen LogP contribution is -2.03. The summed E-state index contributed by atoms with van der Waals surface area (Å²) in [5.41, 5.74) is 2.02. The molecule has 0 amide bonds. The third kappa shape index (κ3) is 2.84. The highest BCUT2D eigenvalue weighted by Crippen LogP contribution is 2.21. The lowest BCUT2D eigenvalue weighted by atomic mass is 10.0. The summed E-state index contributed by atoms with van der Waals surface area (Å²) >= 11 is 0. The Morgan fingerprint density at radius 3 is 2.12 bits per heavy atom. The van der Waals surface area contributed by atoms with Crippen molar-refractivity contribution >= 4 is 5.71 Å². The molecule has 0 aliphatic heterocycles. The maximum absolute atomic E-state index is 9.35. The topological polar surface area (TPSA) is 64.3 Å². The van der Waals surface area contributed by atoms with Gasteiger partial charge in [0.25, 0.3) is 0 Å². The van der Waals surface area contributed by atoms with Crippen molar-refractivity contribution in [1.82, 2.24) is 0 Å². The molecule has 0 radical (unpaired) electrons. The first kappa shape index (κ1) is 11.2. The third-order valence-corrected chi connectivity index (χ3v) is 2.47. The highest BCUT2D eigenvalue weighted by atomic mass is 16.3. The Morgan fingerprint density at radius 2 is 1.53 bits per heavy atom. The van der Waals surface area contributed by atoms with Crippen LogP contribution in [0.15, 0.2) is 48.5 Å². The number of phenolic OH excluding ortho intramolecular Hbond substituents is 2. The van der Waals surface area contributed by atoms with E-state index in [0.717, 1.165) is 11.1 Å². The molecule has 0 unspecified atom stereocenters. The summed E-state index contributed by atoms with van der Waals surface area (Å²) < 4.78 is 0. The van der Waals surface area contributed by atoms with Crippen molar-refractivity contribution in [1.29, 1.82) is 5.41 Å². The number of rotatable bonds is 3. The van der Waals surface area contributed by atoms with Gasteiger partial charge in [-0.15, -0.1) is 0 Å². The number of hydrogen-bond donors (Lipinski definition) is 3. The summed E-state index contributed by atoms with van der Waals surface area (Å²) in [4.78, 5) is 0. The molecule has 86 valence electrons. The fourth-order valence-corrected chi connectivity index (χ4v) is 1.70. The Kier molecular flexibility index (Phi) is 3.10. The molecule has 2 aromatic rings. The Labute approximate surface area is 99.5 Å². The minimum Gasteiger partial charge on any atom is -0.508 e. The van der Waals surface area contributed by atoms with E-state index in [2.05, 4.69) is 0 Å². The van der Waals surface area contributed by atoms with Crippen LogP contribution in [0.3, 0.4) is 0 Å². The smallest absolute Gasteiger partial charge is 0.119 e. The second-order valence-corrected chi connectivity index (χ2v) is 3.88. The lowest BCUT2D eigenvalue weighted by Gasteiger charge is -2.05. The highest BCUT2D eigenvalue weighted by molar-refractivity contribution is 5.99. The summed E-state index contributed by atoms with van der Waals surface area (Å²) in [7, 11) is 0. The van der Waals surface area contributed by atoms with E-state index in [-0.39, 0.29) is 11.5 Å². The zero-order valence-electron chi connectivity index (χ0n) is 9.22. The van der Waals surface area contributed by atoms with Crippen LogP contribution in [-0.2, 0) is 6.42 Å². The molecule has 2 rings (SSSR count). The molecule has 0 atom stereocenters. The summed E-state index contributed by atoms with van der Waals surface area (Å²) in [5, 5.41) is 26.6. The minimum atomic E-state index is 0.0147. The van der Waals surface area contributed by atoms with E-state index in [1.165, 1.54) is 6.07 Å². The lowest BCUT2D eigenvalue weighted by molar-refractivity contribution is 0.449. The predicted octanol–water partition coefficient (Wildman–Crippen LogP) is 2.71. The van der Waals surface area contributed by atoms with Crippen LogP contribution < -0.4 is 0 Å². The quantitative estimate of drug-likeness (QED) is 0.706. The molecule has 17 heavy (non-hydrogen) atoms. The average molecular weight is 227 g/mol. The van der Waals surface area contributed by atoms with Crippen LogP contribution in [0, 0.1) is 5.41 Å². The molecule has 3 N–H and O–H groups in total. The first-order chi connectivity index (χ1) is 8.15. The highest BCUT2D eigenvalue weighted by Gasteiger charge is 2.04. The maximum Gasteiger partial charge on any atom is 0.119 e. The molecule has 0 fully saturated rings. The van der Waals surface area contributed by atoms with E-state index in [4.69, 9.17) is 5.41 Å². The monoisotopic (exact) mass is 227 g/mol. The normalized spacial score (nSPS) is 10.1. The van der Waals surface area contributed by atoms with Gasteiger partial charge in [0.1, 0.15) is 11.5 Å². The summed E-state index contributed by atoms with van der Waals surface area (Å²) in [6, 6.07) is 13.8. The molecule has 0 saturated carbocycles.